The van der Waals surface area contributed by atoms with Gasteiger partial charge in [-0.25, -0.2) is 0 Å². The van der Waals surface area contributed by atoms with Gasteiger partial charge in [0.2, 0.25) is 0 Å². The Hall–Kier alpha value is -0.647. The molecule has 0 fully saturated rings. The number of hydrogen-bond acceptors (Lipinski definition) is 7. The van der Waals surface area contributed by atoms with Crippen molar-refractivity contribution in [3.8, 4) is 30.3 Å². The first-order valence-electron chi connectivity index (χ1n) is 3.09. The first-order valence-corrected chi connectivity index (χ1v) is 3.94. The number of hydrogen-bond donors (Lipinski definition) is 0. The Morgan fingerprint density at radius 3 is 1.44 bits per heavy atom. The number of nitrogens with zero attached hydrogens (tertiary/aromatic N) is 5. The van der Waals surface area contributed by atoms with Crippen molar-refractivity contribution in [3.05, 3.63) is 0 Å². The van der Waals surface area contributed by atoms with Gasteiger partial charge in [0, 0.05) is 0 Å². The Balaban J connectivity index is 0. The maximum Gasteiger partial charge on any atom is 1.00 e. The van der Waals surface area contributed by atoms with Gasteiger partial charge in [0.25, 0.3) is 0 Å². The second-order valence-electron chi connectivity index (χ2n) is 2.11. The summed E-state index contributed by atoms with van der Waals surface area (Å²) in [5.41, 5.74) is -5.35. The van der Waals surface area contributed by atoms with Crippen LogP contribution in [0.4, 0.5) is 0 Å². The second kappa shape index (κ2) is 7.60. The van der Waals surface area contributed by atoms with Crippen molar-refractivity contribution in [2.24, 2.45) is 5.41 Å². The average Bonchev–Trinajstić information content (AvgIpc) is 2.30. The third-order valence-corrected chi connectivity index (χ3v) is 1.88. The van der Waals surface area contributed by atoms with Crippen LogP contribution >= 0.6 is 0 Å². The van der Waals surface area contributed by atoms with Gasteiger partial charge in [-0.1, -0.05) is 0 Å². The molecule has 0 aromatic rings. The molecule has 0 atom stereocenters. The van der Waals surface area contributed by atoms with Gasteiger partial charge in [0.15, 0.2) is 0 Å². The van der Waals surface area contributed by atoms with E-state index >= 15 is 0 Å². The molecular formula is C7CoKN5O2. The van der Waals surface area contributed by atoms with Crippen LogP contribution in [0.1, 0.15) is 0 Å². The summed E-state index contributed by atoms with van der Waals surface area (Å²) >= 11 is -1.05. The van der Waals surface area contributed by atoms with Crippen LogP contribution in [-0.2, 0) is 22.7 Å². The van der Waals surface area contributed by atoms with Crippen molar-refractivity contribution in [1.29, 1.82) is 26.3 Å². The third kappa shape index (κ3) is 2.72. The van der Waals surface area contributed by atoms with Crippen LogP contribution in [0, 0.1) is 62.1 Å². The Bertz CT molecular complexity index is 435. The van der Waals surface area contributed by atoms with E-state index in [0.717, 1.165) is 0 Å². The average molecular weight is 284 g/mol. The monoisotopic (exact) mass is 284 g/mol. The quantitative estimate of drug-likeness (QED) is 0.493. The predicted octanol–water partition coefficient (Wildman–Crippen LogP) is -3.31. The van der Waals surface area contributed by atoms with Gasteiger partial charge >= 0.3 is 142 Å². The first-order chi connectivity index (χ1) is 7.11. The van der Waals surface area contributed by atoms with Crippen LogP contribution in [0.3, 0.4) is 0 Å². The molecule has 0 N–H and O–H groups in total. The molecule has 0 aliphatic rings. The van der Waals surface area contributed by atoms with Crippen LogP contribution in [0.5, 0.6) is 0 Å². The Morgan fingerprint density at radius 1 is 0.875 bits per heavy atom. The summed E-state index contributed by atoms with van der Waals surface area (Å²) in [5, 5.41) is 43.1. The topological polar surface area (TPSA) is 145 Å². The zero-order chi connectivity index (χ0) is 11.9. The molecule has 7 nitrogen and oxygen atoms in total. The van der Waals surface area contributed by atoms with Gasteiger partial charge < -0.3 is 0 Å². The van der Waals surface area contributed by atoms with Gasteiger partial charge in [0.1, 0.15) is 0 Å². The van der Waals surface area contributed by atoms with Crippen molar-refractivity contribution in [1.82, 2.24) is 0 Å². The van der Waals surface area contributed by atoms with E-state index in [-0.39, 0.29) is 51.4 Å². The Kier molecular flexibility index (Phi) is 8.42. The molecule has 75 valence electrons. The summed E-state index contributed by atoms with van der Waals surface area (Å²) in [7, 11) is 0. The SMILES string of the molecule is N#CC(C#N)(C#N)C(C#N)(C#N)[O][Co-]=[O].[K+]. The zero-order valence-corrected chi connectivity index (χ0v) is 12.1. The summed E-state index contributed by atoms with van der Waals surface area (Å²) in [6.45, 7) is 0. The van der Waals surface area contributed by atoms with E-state index in [4.69, 9.17) is 26.3 Å². The molecule has 0 aliphatic heterocycles. The molecule has 0 aromatic carbocycles. The molecule has 0 spiro atoms. The van der Waals surface area contributed by atoms with E-state index in [1.54, 1.807) is 0 Å². The Morgan fingerprint density at radius 2 is 1.25 bits per heavy atom. The molecule has 0 amide bonds. The number of nitriles is 5. The maximum absolute atomic E-state index is 10.2. The first kappa shape index (κ1) is 17.7. The minimum absolute atomic E-state index is 0. The van der Waals surface area contributed by atoms with Crippen molar-refractivity contribution < 1.29 is 74.1 Å². The predicted molar refractivity (Wildman–Crippen MR) is 35.0 cm³/mol. The summed E-state index contributed by atoms with van der Waals surface area (Å²) < 4.78 is 14.4. The van der Waals surface area contributed by atoms with Crippen LogP contribution in [0.25, 0.3) is 0 Å². The molecule has 0 aliphatic carbocycles. The minimum atomic E-state index is -2.70. The standard InChI is InChI=1S/C7N5O.Co.K.O/c8-1-6(2-9,3-10)7(13,4-11)5-12;;;/q-1;;+1;. The van der Waals surface area contributed by atoms with Crippen LogP contribution in [0.15, 0.2) is 0 Å². The summed E-state index contributed by atoms with van der Waals surface area (Å²) in [6.07, 6.45) is 0. The molecule has 0 unspecified atom stereocenters. The fraction of sp³-hybridized carbons (Fsp3) is 0.286. The zero-order valence-electron chi connectivity index (χ0n) is 7.89. The van der Waals surface area contributed by atoms with E-state index in [0.29, 0.717) is 0 Å². The van der Waals surface area contributed by atoms with Crippen LogP contribution < -0.4 is 51.4 Å². The molecule has 0 saturated heterocycles. The van der Waals surface area contributed by atoms with Crippen molar-refractivity contribution in [3.63, 3.8) is 0 Å². The van der Waals surface area contributed by atoms with E-state index in [2.05, 4.69) is 3.85 Å². The molecule has 0 aromatic heterocycles. The van der Waals surface area contributed by atoms with Gasteiger partial charge in [-0.3, -0.25) is 0 Å². The van der Waals surface area contributed by atoms with E-state index in [1.807, 2.05) is 0 Å². The van der Waals surface area contributed by atoms with Crippen LogP contribution in [-0.4, -0.2) is 5.60 Å². The minimum Gasteiger partial charge on any atom is 1.00 e. The van der Waals surface area contributed by atoms with Gasteiger partial charge in [-0.2, -0.15) is 0 Å². The summed E-state index contributed by atoms with van der Waals surface area (Å²) in [5.74, 6) is 0. The van der Waals surface area contributed by atoms with Gasteiger partial charge in [-0.15, -0.1) is 0 Å². The molecule has 0 rings (SSSR count). The summed E-state index contributed by atoms with van der Waals surface area (Å²) in [6, 6.07) is 6.02. The molecule has 0 radical (unpaired) electrons. The smallest absolute Gasteiger partial charge is 1.00 e. The molecule has 0 bridgehead atoms. The summed E-state index contributed by atoms with van der Waals surface area (Å²) in [4.78, 5) is 0. The molecule has 9 heteroatoms. The van der Waals surface area contributed by atoms with Crippen molar-refractivity contribution >= 4 is 0 Å². The molecule has 16 heavy (non-hydrogen) atoms. The number of rotatable bonds is 3. The van der Waals surface area contributed by atoms with Gasteiger partial charge in [-0.05, 0) is 0 Å². The fourth-order valence-electron chi connectivity index (χ4n) is 0.627. The van der Waals surface area contributed by atoms with Crippen molar-refractivity contribution in [2.75, 3.05) is 0 Å². The third-order valence-electron chi connectivity index (χ3n) is 1.48. The van der Waals surface area contributed by atoms with E-state index < -0.39 is 26.0 Å². The second-order valence-corrected chi connectivity index (χ2v) is 2.50. The van der Waals surface area contributed by atoms with Crippen molar-refractivity contribution in [2.45, 2.75) is 5.60 Å². The van der Waals surface area contributed by atoms with Gasteiger partial charge in [0.05, 0.1) is 0 Å². The normalized spacial score (nSPS) is 9.44. The molecular weight excluding hydrogens is 284 g/mol. The Labute approximate surface area is 140 Å². The van der Waals surface area contributed by atoms with E-state index in [1.165, 1.54) is 30.3 Å². The molecule has 0 saturated carbocycles. The fourth-order valence-corrected chi connectivity index (χ4v) is 1.01. The maximum atomic E-state index is 10.2. The largest absolute Gasteiger partial charge is 1.00 e. The van der Waals surface area contributed by atoms with Crippen LogP contribution in [0.2, 0.25) is 0 Å². The molecule has 0 heterocycles. The van der Waals surface area contributed by atoms with E-state index in [9.17, 15) is 3.87 Å².